The number of aromatic nitrogens is 4. The van der Waals surface area contributed by atoms with Gasteiger partial charge in [-0.15, -0.1) is 0 Å². The van der Waals surface area contributed by atoms with E-state index in [0.717, 1.165) is 82.8 Å². The van der Waals surface area contributed by atoms with E-state index < -0.39 is 0 Å². The molecule has 5 aromatic carbocycles. The Labute approximate surface area is 270 Å². The van der Waals surface area contributed by atoms with Crippen LogP contribution in [0.4, 0.5) is 0 Å². The van der Waals surface area contributed by atoms with Gasteiger partial charge in [-0.1, -0.05) is 54.6 Å². The zero-order chi connectivity index (χ0) is 31.2. The Morgan fingerprint density at radius 2 is 1.04 bits per heavy atom. The van der Waals surface area contributed by atoms with E-state index in [1.807, 2.05) is 61.1 Å². The number of nitrogens with zero attached hydrogens (tertiary/aromatic N) is 4. The second-order valence-electron chi connectivity index (χ2n) is 11.6. The summed E-state index contributed by atoms with van der Waals surface area (Å²) in [7, 11) is 0. The Bertz CT molecular complexity index is 2480. The van der Waals surface area contributed by atoms with Crippen LogP contribution in [0.15, 0.2) is 163 Å². The maximum absolute atomic E-state index is 6.34. The fourth-order valence-electron chi connectivity index (χ4n) is 6.41. The van der Waals surface area contributed by atoms with Gasteiger partial charge < -0.3 is 4.42 Å². The highest BCUT2D eigenvalue weighted by molar-refractivity contribution is 6.12. The first-order valence-corrected chi connectivity index (χ1v) is 15.5. The van der Waals surface area contributed by atoms with Crippen molar-refractivity contribution in [2.75, 3.05) is 0 Å². The molecule has 5 nitrogen and oxygen atoms in total. The lowest BCUT2D eigenvalue weighted by Gasteiger charge is -2.15. The third-order valence-corrected chi connectivity index (χ3v) is 8.65. The lowest BCUT2D eigenvalue weighted by atomic mass is 9.90. The van der Waals surface area contributed by atoms with E-state index in [9.17, 15) is 0 Å². The lowest BCUT2D eigenvalue weighted by molar-refractivity contribution is 0.620. The van der Waals surface area contributed by atoms with Crippen molar-refractivity contribution >= 4 is 32.8 Å². The van der Waals surface area contributed by atoms with Gasteiger partial charge in [0.05, 0.1) is 5.52 Å². The Balaban J connectivity index is 1.33. The largest absolute Gasteiger partial charge is 0.436 e. The highest BCUT2D eigenvalue weighted by Crippen LogP contribution is 2.40. The Kier molecular flexibility index (Phi) is 6.39. The van der Waals surface area contributed by atoms with E-state index in [4.69, 9.17) is 14.4 Å². The van der Waals surface area contributed by atoms with Crippen LogP contribution in [0.3, 0.4) is 0 Å². The Morgan fingerprint density at radius 3 is 1.77 bits per heavy atom. The maximum Gasteiger partial charge on any atom is 0.227 e. The topological polar surface area (TPSA) is 64.7 Å². The Hall–Kier alpha value is -6.46. The van der Waals surface area contributed by atoms with E-state index in [0.29, 0.717) is 5.89 Å². The van der Waals surface area contributed by atoms with Crippen molar-refractivity contribution < 1.29 is 4.42 Å². The molecule has 0 unspecified atom stereocenters. The summed E-state index contributed by atoms with van der Waals surface area (Å²) in [4.78, 5) is 18.6. The predicted molar refractivity (Wildman–Crippen MR) is 190 cm³/mol. The van der Waals surface area contributed by atoms with E-state index in [1.165, 1.54) is 0 Å². The highest BCUT2D eigenvalue weighted by atomic mass is 16.3. The van der Waals surface area contributed by atoms with Crippen LogP contribution in [0.1, 0.15) is 0 Å². The molecule has 0 aliphatic heterocycles. The number of para-hydroxylation sites is 2. The van der Waals surface area contributed by atoms with Gasteiger partial charge in [-0.3, -0.25) is 15.0 Å². The van der Waals surface area contributed by atoms with Gasteiger partial charge >= 0.3 is 0 Å². The molecule has 4 aromatic heterocycles. The van der Waals surface area contributed by atoms with Crippen molar-refractivity contribution in [3.8, 4) is 56.0 Å². The highest BCUT2D eigenvalue weighted by Gasteiger charge is 2.17. The SMILES string of the molecule is c1cncc(-c2cc(-c3cccnc3)cc(-c3cc(-c4nc5ccccc5o4)cc(-c4cc5ccccc5c5ncccc45)c3)c2)c1. The first-order chi connectivity index (χ1) is 23.3. The molecule has 220 valence electrons. The van der Waals surface area contributed by atoms with Crippen molar-refractivity contribution in [1.29, 1.82) is 0 Å². The molecule has 9 aromatic rings. The van der Waals surface area contributed by atoms with Crippen LogP contribution in [-0.4, -0.2) is 19.9 Å². The molecular formula is C42H26N4O. The zero-order valence-electron chi connectivity index (χ0n) is 25.2. The fourth-order valence-corrected chi connectivity index (χ4v) is 6.41. The second-order valence-corrected chi connectivity index (χ2v) is 11.6. The molecule has 0 aliphatic carbocycles. The van der Waals surface area contributed by atoms with E-state index in [-0.39, 0.29) is 0 Å². The third-order valence-electron chi connectivity index (χ3n) is 8.65. The average Bonchev–Trinajstić information content (AvgIpc) is 3.60. The zero-order valence-corrected chi connectivity index (χ0v) is 25.2. The fraction of sp³-hybridized carbons (Fsp3) is 0. The quantitative estimate of drug-likeness (QED) is 0.183. The molecule has 47 heavy (non-hydrogen) atoms. The molecule has 0 amide bonds. The van der Waals surface area contributed by atoms with E-state index in [2.05, 4.69) is 94.9 Å². The number of hydrogen-bond donors (Lipinski definition) is 0. The van der Waals surface area contributed by atoms with Crippen molar-refractivity contribution in [2.45, 2.75) is 0 Å². The second kappa shape index (κ2) is 11.2. The molecule has 0 aliphatic rings. The molecule has 4 heterocycles. The molecule has 0 radical (unpaired) electrons. The monoisotopic (exact) mass is 602 g/mol. The van der Waals surface area contributed by atoms with Crippen molar-refractivity contribution in [1.82, 2.24) is 19.9 Å². The average molecular weight is 603 g/mol. The molecule has 0 atom stereocenters. The summed E-state index contributed by atoms with van der Waals surface area (Å²) < 4.78 is 6.34. The van der Waals surface area contributed by atoms with E-state index in [1.54, 1.807) is 12.4 Å². The number of fused-ring (bicyclic) bond motifs is 4. The normalized spacial score (nSPS) is 11.4. The number of oxazole rings is 1. The first-order valence-electron chi connectivity index (χ1n) is 15.5. The molecular weight excluding hydrogens is 576 g/mol. The van der Waals surface area contributed by atoms with Gasteiger partial charge in [-0.2, -0.15) is 0 Å². The van der Waals surface area contributed by atoms with Gasteiger partial charge in [0, 0.05) is 58.4 Å². The minimum absolute atomic E-state index is 0.577. The van der Waals surface area contributed by atoms with Gasteiger partial charge in [-0.05, 0) is 112 Å². The first kappa shape index (κ1) is 26.9. The van der Waals surface area contributed by atoms with Crippen molar-refractivity contribution in [3.63, 3.8) is 0 Å². The summed E-state index contributed by atoms with van der Waals surface area (Å²) >= 11 is 0. The van der Waals surface area contributed by atoms with E-state index >= 15 is 0 Å². The van der Waals surface area contributed by atoms with Gasteiger partial charge in [0.2, 0.25) is 5.89 Å². The maximum atomic E-state index is 6.34. The number of rotatable bonds is 5. The van der Waals surface area contributed by atoms with Crippen LogP contribution in [-0.2, 0) is 0 Å². The van der Waals surface area contributed by atoms with Crippen LogP contribution in [0.2, 0.25) is 0 Å². The van der Waals surface area contributed by atoms with Crippen molar-refractivity contribution in [2.24, 2.45) is 0 Å². The minimum Gasteiger partial charge on any atom is -0.436 e. The Morgan fingerprint density at radius 1 is 0.447 bits per heavy atom. The summed E-state index contributed by atoms with van der Waals surface area (Å²) in [5.41, 5.74) is 11.9. The summed E-state index contributed by atoms with van der Waals surface area (Å²) in [5.74, 6) is 0.577. The summed E-state index contributed by atoms with van der Waals surface area (Å²) in [5, 5.41) is 3.36. The molecule has 0 saturated heterocycles. The lowest BCUT2D eigenvalue weighted by Crippen LogP contribution is -1.91. The third kappa shape index (κ3) is 4.91. The van der Waals surface area contributed by atoms with Crippen LogP contribution in [0.25, 0.3) is 88.7 Å². The van der Waals surface area contributed by atoms with Crippen LogP contribution in [0.5, 0.6) is 0 Å². The van der Waals surface area contributed by atoms with Gasteiger partial charge in [-0.25, -0.2) is 4.98 Å². The number of hydrogen-bond acceptors (Lipinski definition) is 5. The standard InChI is InChI=1S/C42H26N4O/c1-2-11-36-27(8-1)24-38(37-12-7-17-45-41(36)37)34-21-33(22-35(23-34)42-46-39-13-3-4-14-40(39)47-42)32-19-30(28-9-5-15-43-25-28)18-31(20-32)29-10-6-16-44-26-29/h1-26H. The molecule has 0 saturated carbocycles. The molecule has 0 N–H and O–H groups in total. The molecule has 0 bridgehead atoms. The summed E-state index contributed by atoms with van der Waals surface area (Å²) in [6, 6.07) is 44.1. The van der Waals surface area contributed by atoms with Crippen LogP contribution < -0.4 is 0 Å². The van der Waals surface area contributed by atoms with Crippen molar-refractivity contribution in [3.05, 3.63) is 158 Å². The summed E-state index contributed by atoms with van der Waals surface area (Å²) in [6.07, 6.45) is 9.27. The van der Waals surface area contributed by atoms with Gasteiger partial charge in [0.1, 0.15) is 5.52 Å². The number of benzene rings is 5. The predicted octanol–water partition coefficient (Wildman–Crippen LogP) is 10.7. The van der Waals surface area contributed by atoms with Crippen LogP contribution in [0, 0.1) is 0 Å². The molecule has 0 spiro atoms. The van der Waals surface area contributed by atoms with Gasteiger partial charge in [0.15, 0.2) is 5.58 Å². The van der Waals surface area contributed by atoms with Crippen LogP contribution >= 0.6 is 0 Å². The molecule has 5 heteroatoms. The smallest absolute Gasteiger partial charge is 0.227 e. The van der Waals surface area contributed by atoms with Gasteiger partial charge in [0.25, 0.3) is 0 Å². The number of pyridine rings is 3. The summed E-state index contributed by atoms with van der Waals surface area (Å²) in [6.45, 7) is 0. The molecule has 9 rings (SSSR count). The minimum atomic E-state index is 0.577. The molecule has 0 fully saturated rings.